The predicted molar refractivity (Wildman–Crippen MR) is 91.6 cm³/mol. The van der Waals surface area contributed by atoms with Gasteiger partial charge in [-0.1, -0.05) is 24.3 Å². The highest BCUT2D eigenvalue weighted by atomic mass is 16.5. The average Bonchev–Trinajstić information content (AvgIpc) is 3.39. The number of ether oxygens (including phenoxy) is 1. The summed E-state index contributed by atoms with van der Waals surface area (Å²) in [5, 5.41) is 2.96. The van der Waals surface area contributed by atoms with Crippen LogP contribution in [0.5, 0.6) is 5.75 Å². The fourth-order valence-electron chi connectivity index (χ4n) is 2.37. The summed E-state index contributed by atoms with van der Waals surface area (Å²) >= 11 is 0. The molecule has 0 bridgehead atoms. The zero-order valence-corrected chi connectivity index (χ0v) is 13.1. The molecule has 4 nitrogen and oxygen atoms in total. The molecule has 0 atom stereocenters. The lowest BCUT2D eigenvalue weighted by molar-refractivity contribution is 0.0950. The molecule has 3 rings (SSSR count). The molecule has 23 heavy (non-hydrogen) atoms. The monoisotopic (exact) mass is 310 g/mol. The molecule has 1 fully saturated rings. The number of amides is 1. The zero-order valence-electron chi connectivity index (χ0n) is 13.1. The van der Waals surface area contributed by atoms with Crippen LogP contribution in [0.1, 0.15) is 28.8 Å². The number of para-hydroxylation sites is 1. The van der Waals surface area contributed by atoms with Gasteiger partial charge in [0, 0.05) is 12.2 Å². The maximum absolute atomic E-state index is 12.4. The van der Waals surface area contributed by atoms with Crippen molar-refractivity contribution < 1.29 is 9.53 Å². The van der Waals surface area contributed by atoms with Gasteiger partial charge in [0.1, 0.15) is 5.75 Å². The van der Waals surface area contributed by atoms with Crippen molar-refractivity contribution in [2.24, 2.45) is 5.92 Å². The van der Waals surface area contributed by atoms with Crippen molar-refractivity contribution >= 4 is 11.6 Å². The quantitative estimate of drug-likeness (QED) is 0.773. The van der Waals surface area contributed by atoms with Crippen LogP contribution < -0.4 is 15.8 Å². The molecule has 1 aliphatic rings. The Morgan fingerprint density at radius 2 is 1.87 bits per heavy atom. The Morgan fingerprint density at radius 1 is 1.13 bits per heavy atom. The Bertz CT molecular complexity index is 663. The molecule has 2 aromatic rings. The summed E-state index contributed by atoms with van der Waals surface area (Å²) < 4.78 is 5.79. The van der Waals surface area contributed by atoms with E-state index in [0.717, 1.165) is 17.7 Å². The summed E-state index contributed by atoms with van der Waals surface area (Å²) in [7, 11) is 0. The summed E-state index contributed by atoms with van der Waals surface area (Å²) in [5.41, 5.74) is 8.17. The van der Waals surface area contributed by atoms with Crippen molar-refractivity contribution in [3.63, 3.8) is 0 Å². The third-order valence-electron chi connectivity index (χ3n) is 3.98. The predicted octanol–water partition coefficient (Wildman–Crippen LogP) is 3.03. The summed E-state index contributed by atoms with van der Waals surface area (Å²) in [6, 6.07) is 15.1. The van der Waals surface area contributed by atoms with Crippen molar-refractivity contribution in [3.05, 3.63) is 59.7 Å². The number of anilines is 1. The number of nitrogen functional groups attached to an aromatic ring is 1. The fourth-order valence-corrected chi connectivity index (χ4v) is 2.37. The molecule has 1 aliphatic carbocycles. The van der Waals surface area contributed by atoms with Gasteiger partial charge in [0.05, 0.1) is 12.2 Å². The van der Waals surface area contributed by atoms with Crippen molar-refractivity contribution in [2.45, 2.75) is 19.3 Å². The number of hydrogen-bond donors (Lipinski definition) is 2. The van der Waals surface area contributed by atoms with E-state index in [4.69, 9.17) is 10.5 Å². The maximum Gasteiger partial charge on any atom is 0.255 e. The standard InChI is InChI=1S/C19H22N2O2/c20-16-9-7-14(8-10-16)11-12-21-19(22)17-3-1-2-4-18(17)23-13-15-5-6-15/h1-4,7-10,15H,5-6,11-13,20H2,(H,21,22). The van der Waals surface area contributed by atoms with Gasteiger partial charge >= 0.3 is 0 Å². The Hall–Kier alpha value is -2.49. The molecule has 2 aromatic carbocycles. The topological polar surface area (TPSA) is 64.3 Å². The number of hydrogen-bond acceptors (Lipinski definition) is 3. The molecule has 4 heteroatoms. The van der Waals surface area contributed by atoms with Gasteiger partial charge in [-0.05, 0) is 55.0 Å². The number of nitrogens with two attached hydrogens (primary N) is 1. The van der Waals surface area contributed by atoms with Gasteiger partial charge in [-0.25, -0.2) is 0 Å². The van der Waals surface area contributed by atoms with Gasteiger partial charge in [0.25, 0.3) is 5.91 Å². The first-order chi connectivity index (χ1) is 11.2. The number of rotatable bonds is 7. The third kappa shape index (κ3) is 4.49. The lowest BCUT2D eigenvalue weighted by atomic mass is 10.1. The van der Waals surface area contributed by atoms with E-state index in [1.54, 1.807) is 6.07 Å². The molecule has 0 unspecified atom stereocenters. The van der Waals surface area contributed by atoms with E-state index in [2.05, 4.69) is 5.32 Å². The minimum absolute atomic E-state index is 0.0909. The van der Waals surface area contributed by atoms with Crippen LogP contribution >= 0.6 is 0 Å². The molecule has 0 aliphatic heterocycles. The number of carbonyl (C=O) groups excluding carboxylic acids is 1. The Morgan fingerprint density at radius 3 is 2.61 bits per heavy atom. The summed E-state index contributed by atoms with van der Waals surface area (Å²) in [6.45, 7) is 1.29. The highest BCUT2D eigenvalue weighted by molar-refractivity contribution is 5.96. The van der Waals surface area contributed by atoms with Crippen LogP contribution in [0.3, 0.4) is 0 Å². The van der Waals surface area contributed by atoms with Crippen LogP contribution in [0.2, 0.25) is 0 Å². The van der Waals surface area contributed by atoms with Gasteiger partial charge in [-0.15, -0.1) is 0 Å². The smallest absolute Gasteiger partial charge is 0.255 e. The molecule has 1 amide bonds. The van der Waals surface area contributed by atoms with Crippen molar-refractivity contribution in [2.75, 3.05) is 18.9 Å². The average molecular weight is 310 g/mol. The molecular weight excluding hydrogens is 288 g/mol. The van der Waals surface area contributed by atoms with Gasteiger partial charge in [0.2, 0.25) is 0 Å². The van der Waals surface area contributed by atoms with E-state index < -0.39 is 0 Å². The number of nitrogens with one attached hydrogen (secondary N) is 1. The van der Waals surface area contributed by atoms with E-state index in [9.17, 15) is 4.79 Å². The molecule has 0 aromatic heterocycles. The first kappa shape index (κ1) is 15.4. The summed E-state index contributed by atoms with van der Waals surface area (Å²) in [4.78, 5) is 12.4. The van der Waals surface area contributed by atoms with Crippen LogP contribution in [0, 0.1) is 5.92 Å². The molecule has 0 radical (unpaired) electrons. The number of benzene rings is 2. The summed E-state index contributed by atoms with van der Waals surface area (Å²) in [5.74, 6) is 1.24. The van der Waals surface area contributed by atoms with Crippen LogP contribution in [-0.2, 0) is 6.42 Å². The minimum atomic E-state index is -0.0909. The van der Waals surface area contributed by atoms with E-state index in [1.165, 1.54) is 12.8 Å². The highest BCUT2D eigenvalue weighted by Gasteiger charge is 2.22. The normalized spacial score (nSPS) is 13.6. The number of carbonyl (C=O) groups is 1. The second kappa shape index (κ2) is 7.18. The van der Waals surface area contributed by atoms with Crippen LogP contribution in [-0.4, -0.2) is 19.1 Å². The van der Waals surface area contributed by atoms with Crippen LogP contribution in [0.15, 0.2) is 48.5 Å². The lowest BCUT2D eigenvalue weighted by Crippen LogP contribution is -2.26. The molecule has 3 N–H and O–H groups in total. The van der Waals surface area contributed by atoms with Gasteiger partial charge in [-0.2, -0.15) is 0 Å². The van der Waals surface area contributed by atoms with Crippen molar-refractivity contribution in [3.8, 4) is 5.75 Å². The van der Waals surface area contributed by atoms with Crippen molar-refractivity contribution in [1.29, 1.82) is 0 Å². The van der Waals surface area contributed by atoms with Gasteiger partial charge in [-0.3, -0.25) is 4.79 Å². The Kier molecular flexibility index (Phi) is 4.81. The zero-order chi connectivity index (χ0) is 16.1. The lowest BCUT2D eigenvalue weighted by Gasteiger charge is -2.11. The second-order valence-electron chi connectivity index (χ2n) is 6.00. The fraction of sp³-hybridized carbons (Fsp3) is 0.316. The minimum Gasteiger partial charge on any atom is -0.492 e. The molecular formula is C19H22N2O2. The van der Waals surface area contributed by atoms with Gasteiger partial charge in [0.15, 0.2) is 0 Å². The molecule has 1 saturated carbocycles. The van der Waals surface area contributed by atoms with E-state index in [1.807, 2.05) is 42.5 Å². The summed E-state index contributed by atoms with van der Waals surface area (Å²) in [6.07, 6.45) is 3.24. The molecule has 120 valence electrons. The van der Waals surface area contributed by atoms with Crippen LogP contribution in [0.4, 0.5) is 5.69 Å². The first-order valence-corrected chi connectivity index (χ1v) is 8.07. The second-order valence-corrected chi connectivity index (χ2v) is 6.00. The van der Waals surface area contributed by atoms with Crippen LogP contribution in [0.25, 0.3) is 0 Å². The Labute approximate surface area is 136 Å². The van der Waals surface area contributed by atoms with E-state index in [0.29, 0.717) is 30.4 Å². The van der Waals surface area contributed by atoms with Crippen molar-refractivity contribution in [1.82, 2.24) is 5.32 Å². The first-order valence-electron chi connectivity index (χ1n) is 8.07. The molecule has 0 heterocycles. The van der Waals surface area contributed by atoms with E-state index >= 15 is 0 Å². The third-order valence-corrected chi connectivity index (χ3v) is 3.98. The maximum atomic E-state index is 12.4. The van der Waals surface area contributed by atoms with E-state index in [-0.39, 0.29) is 5.91 Å². The van der Waals surface area contributed by atoms with Gasteiger partial charge < -0.3 is 15.8 Å². The highest BCUT2D eigenvalue weighted by Crippen LogP contribution is 2.30. The molecule has 0 spiro atoms. The largest absolute Gasteiger partial charge is 0.492 e. The molecule has 0 saturated heterocycles. The SMILES string of the molecule is Nc1ccc(CCNC(=O)c2ccccc2OCC2CC2)cc1. The Balaban J connectivity index is 1.53.